The Kier molecular flexibility index (Phi) is 8.88. The summed E-state index contributed by atoms with van der Waals surface area (Å²) >= 11 is 0. The highest BCUT2D eigenvalue weighted by Crippen LogP contribution is 2.19. The Hall–Kier alpha value is -1.79. The van der Waals surface area contributed by atoms with Crippen molar-refractivity contribution in [3.63, 3.8) is 0 Å². The van der Waals surface area contributed by atoms with Crippen LogP contribution in [-0.4, -0.2) is 48.5 Å². The van der Waals surface area contributed by atoms with Crippen LogP contribution >= 0.6 is 12.4 Å². The maximum Gasteiger partial charge on any atom is 0.241 e. The molecule has 0 spiro atoms. The predicted octanol–water partition coefficient (Wildman–Crippen LogP) is 1.89. The number of rotatable bonds is 6. The molecule has 0 radical (unpaired) electrons. The van der Waals surface area contributed by atoms with Crippen molar-refractivity contribution in [2.45, 2.75) is 45.8 Å². The summed E-state index contributed by atoms with van der Waals surface area (Å²) in [6.07, 6.45) is 1.70. The smallest absolute Gasteiger partial charge is 0.241 e. The van der Waals surface area contributed by atoms with E-state index >= 15 is 0 Å². The molecule has 1 aliphatic heterocycles. The summed E-state index contributed by atoms with van der Waals surface area (Å²) in [5.41, 5.74) is 6.97. The summed E-state index contributed by atoms with van der Waals surface area (Å²) in [6, 6.07) is 7.42. The zero-order valence-corrected chi connectivity index (χ0v) is 16.6. The van der Waals surface area contributed by atoms with Crippen molar-refractivity contribution in [3.8, 4) is 5.75 Å². The molecule has 0 saturated carbocycles. The quantitative estimate of drug-likeness (QED) is 0.785. The van der Waals surface area contributed by atoms with Crippen LogP contribution in [0.4, 0.5) is 0 Å². The van der Waals surface area contributed by atoms with Gasteiger partial charge in [0.2, 0.25) is 11.8 Å². The number of likely N-dealkylation sites (tertiary alicyclic amines) is 1. The highest BCUT2D eigenvalue weighted by molar-refractivity contribution is 5.87. The second-order valence-electron chi connectivity index (χ2n) is 7.00. The molecule has 3 N–H and O–H groups in total. The molecule has 0 aliphatic carbocycles. The fourth-order valence-corrected chi connectivity index (χ4v) is 2.73. The number of nitrogens with one attached hydrogen (secondary N) is 1. The number of hydrogen-bond donors (Lipinski definition) is 2. The zero-order chi connectivity index (χ0) is 18.4. The first-order valence-corrected chi connectivity index (χ1v) is 8.91. The number of carbonyl (C=O) groups excluding carboxylic acids is 2. The standard InChI is InChI=1S/C19H29N3O3.ClH/c1-13(2)18(20)19(24)21-12-17(23)22-10-8-16(9-11-22)25-15-6-4-14(3)5-7-15;/h4-7,13,16,18H,8-12,20H2,1-3H3,(H,21,24);1H/t18-;/m0./s1. The van der Waals surface area contributed by atoms with Gasteiger partial charge in [0.05, 0.1) is 12.6 Å². The van der Waals surface area contributed by atoms with Gasteiger partial charge in [-0.05, 0) is 25.0 Å². The molecule has 1 aromatic rings. The third-order valence-corrected chi connectivity index (χ3v) is 4.55. The van der Waals surface area contributed by atoms with Crippen molar-refractivity contribution < 1.29 is 14.3 Å². The topological polar surface area (TPSA) is 84.7 Å². The number of benzene rings is 1. The lowest BCUT2D eigenvalue weighted by atomic mass is 10.1. The van der Waals surface area contributed by atoms with Crippen LogP contribution in [0, 0.1) is 12.8 Å². The van der Waals surface area contributed by atoms with Crippen LogP contribution in [0.1, 0.15) is 32.3 Å². The van der Waals surface area contributed by atoms with Gasteiger partial charge in [-0.25, -0.2) is 0 Å². The number of aryl methyl sites for hydroxylation is 1. The highest BCUT2D eigenvalue weighted by Gasteiger charge is 2.25. The summed E-state index contributed by atoms with van der Waals surface area (Å²) < 4.78 is 5.97. The van der Waals surface area contributed by atoms with Crippen molar-refractivity contribution in [3.05, 3.63) is 29.8 Å². The van der Waals surface area contributed by atoms with Gasteiger partial charge in [-0.2, -0.15) is 0 Å². The fraction of sp³-hybridized carbons (Fsp3) is 0.579. The fourth-order valence-electron chi connectivity index (χ4n) is 2.73. The Morgan fingerprint density at radius 2 is 1.81 bits per heavy atom. The molecule has 1 heterocycles. The molecule has 26 heavy (non-hydrogen) atoms. The average Bonchev–Trinajstić information content (AvgIpc) is 2.61. The van der Waals surface area contributed by atoms with E-state index in [1.807, 2.05) is 45.0 Å². The van der Waals surface area contributed by atoms with Crippen molar-refractivity contribution in [2.24, 2.45) is 11.7 Å². The third kappa shape index (κ3) is 6.50. The van der Waals surface area contributed by atoms with Crippen molar-refractivity contribution in [1.82, 2.24) is 10.2 Å². The lowest BCUT2D eigenvalue weighted by molar-refractivity contribution is -0.134. The van der Waals surface area contributed by atoms with E-state index < -0.39 is 6.04 Å². The number of hydrogen-bond acceptors (Lipinski definition) is 4. The lowest BCUT2D eigenvalue weighted by Gasteiger charge is -2.32. The molecule has 0 bridgehead atoms. The Bertz CT molecular complexity index is 584. The maximum absolute atomic E-state index is 12.2. The first-order chi connectivity index (χ1) is 11.9. The van der Waals surface area contributed by atoms with Gasteiger partial charge in [-0.3, -0.25) is 9.59 Å². The van der Waals surface area contributed by atoms with E-state index in [2.05, 4.69) is 5.32 Å². The normalized spacial score (nSPS) is 16.0. The first-order valence-electron chi connectivity index (χ1n) is 8.91. The van der Waals surface area contributed by atoms with E-state index in [1.165, 1.54) is 5.56 Å². The molecule has 1 fully saturated rings. The van der Waals surface area contributed by atoms with Crippen LogP contribution in [0.5, 0.6) is 5.75 Å². The van der Waals surface area contributed by atoms with Gasteiger partial charge < -0.3 is 20.7 Å². The average molecular weight is 384 g/mol. The molecule has 7 heteroatoms. The summed E-state index contributed by atoms with van der Waals surface area (Å²) in [6.45, 7) is 7.09. The van der Waals surface area contributed by atoms with Gasteiger partial charge in [0.1, 0.15) is 11.9 Å². The van der Waals surface area contributed by atoms with Crippen LogP contribution in [0.2, 0.25) is 0 Å². The molecule has 2 amide bonds. The number of nitrogens with two attached hydrogens (primary N) is 1. The number of nitrogens with zero attached hydrogens (tertiary/aromatic N) is 1. The minimum absolute atomic E-state index is 0. The van der Waals surface area contributed by atoms with Gasteiger partial charge in [-0.1, -0.05) is 31.5 Å². The second-order valence-corrected chi connectivity index (χ2v) is 7.00. The van der Waals surface area contributed by atoms with Crippen molar-refractivity contribution in [2.75, 3.05) is 19.6 Å². The molecule has 146 valence electrons. The molecule has 1 aromatic carbocycles. The number of amides is 2. The van der Waals surface area contributed by atoms with E-state index in [0.29, 0.717) is 13.1 Å². The van der Waals surface area contributed by atoms with Gasteiger partial charge in [0.15, 0.2) is 0 Å². The van der Waals surface area contributed by atoms with E-state index in [4.69, 9.17) is 10.5 Å². The summed E-state index contributed by atoms with van der Waals surface area (Å²) in [4.78, 5) is 25.8. The van der Waals surface area contributed by atoms with E-state index in [-0.39, 0.29) is 42.8 Å². The van der Waals surface area contributed by atoms with Gasteiger partial charge in [0.25, 0.3) is 0 Å². The van der Waals surface area contributed by atoms with Gasteiger partial charge >= 0.3 is 0 Å². The molecule has 0 aromatic heterocycles. The van der Waals surface area contributed by atoms with Crippen LogP contribution in [0.15, 0.2) is 24.3 Å². The van der Waals surface area contributed by atoms with Crippen LogP contribution in [-0.2, 0) is 9.59 Å². The largest absolute Gasteiger partial charge is 0.490 e. The van der Waals surface area contributed by atoms with Crippen LogP contribution < -0.4 is 15.8 Å². The summed E-state index contributed by atoms with van der Waals surface area (Å²) in [5, 5.41) is 2.63. The van der Waals surface area contributed by atoms with E-state index in [0.717, 1.165) is 18.6 Å². The zero-order valence-electron chi connectivity index (χ0n) is 15.7. The Labute approximate surface area is 161 Å². The minimum atomic E-state index is -0.582. The van der Waals surface area contributed by atoms with Crippen molar-refractivity contribution >= 4 is 24.2 Å². The predicted molar refractivity (Wildman–Crippen MR) is 104 cm³/mol. The molecule has 0 unspecified atom stereocenters. The molecular weight excluding hydrogens is 354 g/mol. The molecule has 1 atom stereocenters. The minimum Gasteiger partial charge on any atom is -0.490 e. The summed E-state index contributed by atoms with van der Waals surface area (Å²) in [7, 11) is 0. The maximum atomic E-state index is 12.2. The third-order valence-electron chi connectivity index (χ3n) is 4.55. The number of carbonyl (C=O) groups is 2. The van der Waals surface area contributed by atoms with Crippen molar-refractivity contribution in [1.29, 1.82) is 0 Å². The SMILES string of the molecule is Cc1ccc(OC2CCN(C(=O)CNC(=O)[C@@H](N)C(C)C)CC2)cc1.Cl. The number of piperidine rings is 1. The second kappa shape index (κ2) is 10.4. The lowest BCUT2D eigenvalue weighted by Crippen LogP contribution is -2.49. The Morgan fingerprint density at radius 1 is 1.23 bits per heavy atom. The molecule has 1 aliphatic rings. The molecular formula is C19H30ClN3O3. The molecule has 1 saturated heterocycles. The number of halogens is 1. The van der Waals surface area contributed by atoms with Gasteiger partial charge in [0, 0.05) is 25.9 Å². The molecule has 2 rings (SSSR count). The Balaban J connectivity index is 0.00000338. The highest BCUT2D eigenvalue weighted by atomic mass is 35.5. The van der Waals surface area contributed by atoms with E-state index in [9.17, 15) is 9.59 Å². The molecule has 6 nitrogen and oxygen atoms in total. The number of ether oxygens (including phenoxy) is 1. The first kappa shape index (κ1) is 22.3. The van der Waals surface area contributed by atoms with E-state index in [1.54, 1.807) is 4.90 Å². The summed E-state index contributed by atoms with van der Waals surface area (Å²) in [5.74, 6) is 0.564. The monoisotopic (exact) mass is 383 g/mol. The Morgan fingerprint density at radius 3 is 2.35 bits per heavy atom. The van der Waals surface area contributed by atoms with Crippen LogP contribution in [0.25, 0.3) is 0 Å². The van der Waals surface area contributed by atoms with Crippen LogP contribution in [0.3, 0.4) is 0 Å². The van der Waals surface area contributed by atoms with Gasteiger partial charge in [-0.15, -0.1) is 12.4 Å².